The molecule has 7 rings (SSSR count). The predicted octanol–water partition coefficient (Wildman–Crippen LogP) is 9.56. The normalized spacial score (nSPS) is 22.3. The van der Waals surface area contributed by atoms with Gasteiger partial charge in [-0.25, -0.2) is 15.0 Å². The standard InChI is InChI=1S/C39H32BrN5/c1-38(21-26-9-8-18-39(22-26,25-38)32-15-17-34(40)30(20-32)24-42)31-14-16-33(29(19-31)23-41)37-44-35(27-10-4-2-5-11-27)43-36(45-37)28-12-6-3-7-13-28/h2-7,10-17,19-20,26H,8-9,18,21-22,25H2,1H3. The van der Waals surface area contributed by atoms with Crippen LogP contribution in [-0.2, 0) is 10.8 Å². The fourth-order valence-electron chi connectivity index (χ4n) is 7.94. The average Bonchev–Trinajstić information content (AvgIpc) is 3.08. The average molecular weight is 651 g/mol. The van der Waals surface area contributed by atoms with Crippen molar-refractivity contribution in [1.29, 1.82) is 10.5 Å². The second kappa shape index (κ2) is 11.7. The van der Waals surface area contributed by atoms with E-state index in [9.17, 15) is 10.5 Å². The van der Waals surface area contributed by atoms with Crippen LogP contribution < -0.4 is 0 Å². The minimum absolute atomic E-state index is 0.0110. The van der Waals surface area contributed by atoms with Gasteiger partial charge in [0.15, 0.2) is 17.5 Å². The third-order valence-corrected chi connectivity index (χ3v) is 10.6. The predicted molar refractivity (Wildman–Crippen MR) is 180 cm³/mol. The van der Waals surface area contributed by atoms with E-state index >= 15 is 0 Å². The molecule has 0 aliphatic heterocycles. The summed E-state index contributed by atoms with van der Waals surface area (Å²) in [4.78, 5) is 14.6. The van der Waals surface area contributed by atoms with Gasteiger partial charge >= 0.3 is 0 Å². The van der Waals surface area contributed by atoms with Gasteiger partial charge in [0.25, 0.3) is 0 Å². The molecule has 3 unspecified atom stereocenters. The Kier molecular flexibility index (Phi) is 7.56. The van der Waals surface area contributed by atoms with Crippen molar-refractivity contribution in [2.24, 2.45) is 5.92 Å². The molecule has 2 aliphatic rings. The number of hydrogen-bond acceptors (Lipinski definition) is 5. The summed E-state index contributed by atoms with van der Waals surface area (Å²) in [6.45, 7) is 2.36. The first-order valence-corrected chi connectivity index (χ1v) is 16.3. The third kappa shape index (κ3) is 5.45. The van der Waals surface area contributed by atoms with E-state index in [-0.39, 0.29) is 10.8 Å². The highest BCUT2D eigenvalue weighted by Crippen LogP contribution is 2.57. The number of hydrogen-bond donors (Lipinski definition) is 0. The SMILES string of the molecule is CC1(c2ccc(-c3nc(-c4ccccc4)nc(-c4ccccc4)n3)c(C#N)c2)CC2CCCC(c3ccc(Br)c(C#N)c3)(C2)C1. The topological polar surface area (TPSA) is 86.2 Å². The van der Waals surface area contributed by atoms with E-state index in [2.05, 4.69) is 59.3 Å². The molecule has 6 heteroatoms. The first kappa shape index (κ1) is 29.1. The third-order valence-electron chi connectivity index (χ3n) is 9.89. The lowest BCUT2D eigenvalue weighted by Gasteiger charge is -2.53. The van der Waals surface area contributed by atoms with Crippen molar-refractivity contribution in [3.63, 3.8) is 0 Å². The first-order chi connectivity index (χ1) is 21.9. The van der Waals surface area contributed by atoms with Crippen LogP contribution in [0.5, 0.6) is 0 Å². The number of rotatable bonds is 5. The van der Waals surface area contributed by atoms with E-state index in [1.807, 2.05) is 72.8 Å². The Morgan fingerprint density at radius 3 is 1.96 bits per heavy atom. The van der Waals surface area contributed by atoms with Gasteiger partial charge in [0.05, 0.1) is 17.2 Å². The minimum Gasteiger partial charge on any atom is -0.208 e. The van der Waals surface area contributed by atoms with Gasteiger partial charge in [-0.3, -0.25) is 0 Å². The highest BCUT2D eigenvalue weighted by molar-refractivity contribution is 9.10. The van der Waals surface area contributed by atoms with E-state index in [4.69, 9.17) is 15.0 Å². The molecule has 2 aliphatic carbocycles. The molecular weight excluding hydrogens is 618 g/mol. The quantitative estimate of drug-likeness (QED) is 0.189. The molecular formula is C39H32BrN5. The zero-order valence-corrected chi connectivity index (χ0v) is 26.8. The molecule has 2 saturated carbocycles. The molecule has 2 bridgehead atoms. The smallest absolute Gasteiger partial charge is 0.165 e. The molecule has 1 heterocycles. The molecule has 0 spiro atoms. The molecule has 0 N–H and O–H groups in total. The van der Waals surface area contributed by atoms with Crippen LogP contribution in [0.1, 0.15) is 67.7 Å². The summed E-state index contributed by atoms with van der Waals surface area (Å²) in [5.41, 5.74) is 6.10. The Balaban J connectivity index is 1.31. The van der Waals surface area contributed by atoms with Gasteiger partial charge in [-0.2, -0.15) is 10.5 Å². The van der Waals surface area contributed by atoms with Crippen LogP contribution in [-0.4, -0.2) is 15.0 Å². The van der Waals surface area contributed by atoms with Crippen molar-refractivity contribution < 1.29 is 0 Å². The summed E-state index contributed by atoms with van der Waals surface area (Å²) in [7, 11) is 0. The minimum atomic E-state index is -0.114. The van der Waals surface area contributed by atoms with Crippen molar-refractivity contribution in [2.75, 3.05) is 0 Å². The summed E-state index contributed by atoms with van der Waals surface area (Å²) in [5, 5.41) is 20.2. The van der Waals surface area contributed by atoms with Crippen molar-refractivity contribution in [3.05, 3.63) is 124 Å². The molecule has 2 fully saturated rings. The zero-order chi connectivity index (χ0) is 31.0. The molecule has 5 nitrogen and oxygen atoms in total. The van der Waals surface area contributed by atoms with E-state index in [0.29, 0.717) is 40.1 Å². The monoisotopic (exact) mass is 649 g/mol. The summed E-state index contributed by atoms with van der Waals surface area (Å²) in [5.74, 6) is 2.24. The molecule has 4 aromatic carbocycles. The molecule has 5 aromatic rings. The maximum Gasteiger partial charge on any atom is 0.165 e. The maximum atomic E-state index is 10.5. The van der Waals surface area contributed by atoms with Crippen LogP contribution in [0.4, 0.5) is 0 Å². The van der Waals surface area contributed by atoms with Gasteiger partial charge in [-0.15, -0.1) is 0 Å². The van der Waals surface area contributed by atoms with Crippen molar-refractivity contribution in [3.8, 4) is 46.3 Å². The van der Waals surface area contributed by atoms with Crippen LogP contribution in [0, 0.1) is 28.6 Å². The Hall–Kier alpha value is -4.65. The molecule has 3 atom stereocenters. The second-order valence-electron chi connectivity index (χ2n) is 12.9. The number of nitrogens with zero attached hydrogens (tertiary/aromatic N) is 5. The first-order valence-electron chi connectivity index (χ1n) is 15.5. The summed E-state index contributed by atoms with van der Waals surface area (Å²) < 4.78 is 0.842. The molecule has 45 heavy (non-hydrogen) atoms. The lowest BCUT2D eigenvalue weighted by molar-refractivity contribution is 0.0874. The van der Waals surface area contributed by atoms with E-state index in [1.54, 1.807) is 0 Å². The lowest BCUT2D eigenvalue weighted by atomic mass is 9.51. The highest BCUT2D eigenvalue weighted by atomic mass is 79.9. The summed E-state index contributed by atoms with van der Waals surface area (Å²) >= 11 is 3.55. The van der Waals surface area contributed by atoms with Crippen molar-refractivity contribution >= 4 is 15.9 Å². The van der Waals surface area contributed by atoms with E-state index in [1.165, 1.54) is 24.0 Å². The van der Waals surface area contributed by atoms with Crippen molar-refractivity contribution in [1.82, 2.24) is 15.0 Å². The number of nitriles is 2. The van der Waals surface area contributed by atoms with Crippen molar-refractivity contribution in [2.45, 2.75) is 56.3 Å². The van der Waals surface area contributed by atoms with Crippen LogP contribution in [0.3, 0.4) is 0 Å². The van der Waals surface area contributed by atoms with Gasteiger partial charge in [-0.1, -0.05) is 92.6 Å². The van der Waals surface area contributed by atoms with Crippen LogP contribution in [0.2, 0.25) is 0 Å². The Morgan fingerprint density at radius 1 is 0.711 bits per heavy atom. The Bertz CT molecular complexity index is 1920. The molecule has 0 radical (unpaired) electrons. The fourth-order valence-corrected chi connectivity index (χ4v) is 8.27. The zero-order valence-electron chi connectivity index (χ0n) is 25.2. The van der Waals surface area contributed by atoms with Crippen LogP contribution in [0.25, 0.3) is 34.2 Å². The summed E-state index contributed by atoms with van der Waals surface area (Å²) in [6, 6.07) is 37.2. The van der Waals surface area contributed by atoms with Gasteiger partial charge in [-0.05, 0) is 93.8 Å². The van der Waals surface area contributed by atoms with Crippen LogP contribution >= 0.6 is 15.9 Å². The summed E-state index contributed by atoms with van der Waals surface area (Å²) in [6.07, 6.45) is 6.75. The Labute approximate surface area is 272 Å². The van der Waals surface area contributed by atoms with Gasteiger partial charge in [0, 0.05) is 21.2 Å². The number of benzene rings is 4. The van der Waals surface area contributed by atoms with E-state index < -0.39 is 0 Å². The number of fused-ring (bicyclic) bond motifs is 2. The van der Waals surface area contributed by atoms with Crippen LogP contribution in [0.15, 0.2) is 102 Å². The molecule has 1 aromatic heterocycles. The molecule has 0 amide bonds. The highest BCUT2D eigenvalue weighted by Gasteiger charge is 2.49. The second-order valence-corrected chi connectivity index (χ2v) is 13.8. The molecule has 0 saturated heterocycles. The van der Waals surface area contributed by atoms with Gasteiger partial charge in [0.2, 0.25) is 0 Å². The molecule has 220 valence electrons. The van der Waals surface area contributed by atoms with Gasteiger partial charge < -0.3 is 0 Å². The van der Waals surface area contributed by atoms with E-state index in [0.717, 1.165) is 41.3 Å². The maximum absolute atomic E-state index is 10.5. The number of aromatic nitrogens is 3. The lowest BCUT2D eigenvalue weighted by Crippen LogP contribution is -2.46. The fraction of sp³-hybridized carbons (Fsp3) is 0.256. The largest absolute Gasteiger partial charge is 0.208 e. The number of halogens is 1. The van der Waals surface area contributed by atoms with Gasteiger partial charge in [0.1, 0.15) is 6.07 Å². The Morgan fingerprint density at radius 2 is 1.31 bits per heavy atom.